The molecule has 5 nitrogen and oxygen atoms in total. The molecule has 0 saturated heterocycles. The largest absolute Gasteiger partial charge is 0.489 e. The van der Waals surface area contributed by atoms with Crippen LogP contribution >= 0.6 is 0 Å². The summed E-state index contributed by atoms with van der Waals surface area (Å²) in [6, 6.07) is 12.6. The lowest BCUT2D eigenvalue weighted by atomic mass is 10.2. The molecule has 118 valence electrons. The molecule has 0 bridgehead atoms. The topological polar surface area (TPSA) is 64.4 Å². The molecule has 0 unspecified atom stereocenters. The molecule has 1 N–H and O–H groups in total. The average Bonchev–Trinajstić information content (AvgIpc) is 2.87. The minimum absolute atomic E-state index is 0.0292. The van der Waals surface area contributed by atoms with Gasteiger partial charge >= 0.3 is 0 Å². The number of para-hydroxylation sites is 2. The van der Waals surface area contributed by atoms with E-state index in [1.54, 1.807) is 25.1 Å². The van der Waals surface area contributed by atoms with E-state index in [1.165, 1.54) is 0 Å². The van der Waals surface area contributed by atoms with Gasteiger partial charge in [-0.1, -0.05) is 12.1 Å². The lowest BCUT2D eigenvalue weighted by Crippen LogP contribution is -2.14. The number of ether oxygens (including phenoxy) is 1. The Morgan fingerprint density at radius 2 is 2.00 bits per heavy atom. The Bertz CT molecular complexity index is 852. The van der Waals surface area contributed by atoms with E-state index in [-0.39, 0.29) is 12.0 Å². The van der Waals surface area contributed by atoms with E-state index >= 15 is 0 Å². The van der Waals surface area contributed by atoms with Crippen LogP contribution in [-0.2, 0) is 0 Å². The highest BCUT2D eigenvalue weighted by molar-refractivity contribution is 6.06. The minimum atomic E-state index is -0.222. The first-order valence-corrected chi connectivity index (χ1v) is 7.47. The summed E-state index contributed by atoms with van der Waals surface area (Å²) in [5, 5.41) is 2.88. The summed E-state index contributed by atoms with van der Waals surface area (Å²) in [6.07, 6.45) is 0.0292. The van der Waals surface area contributed by atoms with Crippen molar-refractivity contribution in [1.82, 2.24) is 4.98 Å². The number of carbonyl (C=O) groups is 1. The van der Waals surface area contributed by atoms with Gasteiger partial charge in [-0.05, 0) is 44.2 Å². The van der Waals surface area contributed by atoms with Gasteiger partial charge in [0.05, 0.1) is 11.8 Å². The Hall–Kier alpha value is -2.82. The number of fused-ring (bicyclic) bond motifs is 1. The molecular weight excluding hydrogens is 292 g/mol. The molecule has 0 atom stereocenters. The molecule has 0 aliphatic heterocycles. The Kier molecular flexibility index (Phi) is 4.02. The zero-order chi connectivity index (χ0) is 16.4. The normalized spacial score (nSPS) is 11.0. The molecule has 0 fully saturated rings. The lowest BCUT2D eigenvalue weighted by Gasteiger charge is -2.14. The number of aromatic nitrogens is 1. The van der Waals surface area contributed by atoms with Gasteiger partial charge < -0.3 is 14.5 Å². The van der Waals surface area contributed by atoms with Crippen LogP contribution in [0.1, 0.15) is 30.1 Å². The van der Waals surface area contributed by atoms with Crippen LogP contribution in [0.2, 0.25) is 0 Å². The quantitative estimate of drug-likeness (QED) is 0.785. The van der Waals surface area contributed by atoms with Gasteiger partial charge in [-0.2, -0.15) is 0 Å². The van der Waals surface area contributed by atoms with Crippen molar-refractivity contribution < 1.29 is 13.9 Å². The molecule has 0 radical (unpaired) electrons. The number of amides is 1. The highest BCUT2D eigenvalue weighted by Gasteiger charge is 2.12. The number of aryl methyl sites for hydroxylation is 1. The zero-order valence-electron chi connectivity index (χ0n) is 13.3. The van der Waals surface area contributed by atoms with Gasteiger partial charge in [0, 0.05) is 12.5 Å². The number of benzene rings is 2. The van der Waals surface area contributed by atoms with Crippen LogP contribution in [0.3, 0.4) is 0 Å². The SMILES string of the molecule is Cc1nc2ccc(C(=O)Nc3ccccc3OC(C)C)cc2o1. The second-order valence-corrected chi connectivity index (χ2v) is 5.53. The van der Waals surface area contributed by atoms with Crippen molar-refractivity contribution >= 4 is 22.7 Å². The molecule has 0 saturated carbocycles. The zero-order valence-corrected chi connectivity index (χ0v) is 13.3. The van der Waals surface area contributed by atoms with Crippen LogP contribution < -0.4 is 10.1 Å². The monoisotopic (exact) mass is 310 g/mol. The maximum Gasteiger partial charge on any atom is 0.255 e. The summed E-state index contributed by atoms with van der Waals surface area (Å²) in [5.74, 6) is 1.00. The number of hydrogen-bond donors (Lipinski definition) is 1. The summed E-state index contributed by atoms with van der Waals surface area (Å²) in [4.78, 5) is 16.7. The van der Waals surface area contributed by atoms with Crippen molar-refractivity contribution in [3.63, 3.8) is 0 Å². The molecule has 1 heterocycles. The van der Waals surface area contributed by atoms with E-state index in [2.05, 4.69) is 10.3 Å². The molecule has 2 aromatic carbocycles. The van der Waals surface area contributed by atoms with Crippen molar-refractivity contribution in [2.75, 3.05) is 5.32 Å². The highest BCUT2D eigenvalue weighted by atomic mass is 16.5. The van der Waals surface area contributed by atoms with E-state index in [1.807, 2.05) is 38.1 Å². The third kappa shape index (κ3) is 3.34. The number of rotatable bonds is 4. The van der Waals surface area contributed by atoms with Gasteiger partial charge in [0.1, 0.15) is 11.3 Å². The van der Waals surface area contributed by atoms with Crippen molar-refractivity contribution in [2.45, 2.75) is 26.9 Å². The summed E-state index contributed by atoms with van der Waals surface area (Å²) in [5.41, 5.74) is 2.48. The number of nitrogens with zero attached hydrogens (tertiary/aromatic N) is 1. The van der Waals surface area contributed by atoms with Gasteiger partial charge in [0.2, 0.25) is 0 Å². The van der Waals surface area contributed by atoms with Crippen molar-refractivity contribution in [1.29, 1.82) is 0 Å². The molecule has 23 heavy (non-hydrogen) atoms. The van der Waals surface area contributed by atoms with E-state index < -0.39 is 0 Å². The van der Waals surface area contributed by atoms with E-state index in [0.717, 1.165) is 5.52 Å². The van der Waals surface area contributed by atoms with Crippen LogP contribution in [0.4, 0.5) is 5.69 Å². The molecule has 0 spiro atoms. The van der Waals surface area contributed by atoms with Crippen LogP contribution in [-0.4, -0.2) is 17.0 Å². The van der Waals surface area contributed by atoms with Crippen LogP contribution in [0.5, 0.6) is 5.75 Å². The van der Waals surface area contributed by atoms with Crippen LogP contribution in [0.15, 0.2) is 46.9 Å². The van der Waals surface area contributed by atoms with Gasteiger partial charge in [-0.3, -0.25) is 4.79 Å². The third-order valence-electron chi connectivity index (χ3n) is 3.26. The summed E-state index contributed by atoms with van der Waals surface area (Å²) in [7, 11) is 0. The molecule has 5 heteroatoms. The fourth-order valence-corrected chi connectivity index (χ4v) is 2.30. The molecule has 1 aromatic heterocycles. The third-order valence-corrected chi connectivity index (χ3v) is 3.26. The summed E-state index contributed by atoms with van der Waals surface area (Å²) >= 11 is 0. The van der Waals surface area contributed by atoms with Crippen LogP contribution in [0.25, 0.3) is 11.1 Å². The van der Waals surface area contributed by atoms with E-state index in [4.69, 9.17) is 9.15 Å². The van der Waals surface area contributed by atoms with Gasteiger partial charge in [0.25, 0.3) is 5.91 Å². The Morgan fingerprint density at radius 1 is 1.22 bits per heavy atom. The fraction of sp³-hybridized carbons (Fsp3) is 0.222. The smallest absolute Gasteiger partial charge is 0.255 e. The first-order valence-electron chi connectivity index (χ1n) is 7.47. The Labute approximate surface area is 134 Å². The number of anilines is 1. The molecule has 3 rings (SSSR count). The predicted molar refractivity (Wildman–Crippen MR) is 88.9 cm³/mol. The van der Waals surface area contributed by atoms with Crippen molar-refractivity contribution in [3.05, 3.63) is 53.9 Å². The highest BCUT2D eigenvalue weighted by Crippen LogP contribution is 2.26. The minimum Gasteiger partial charge on any atom is -0.489 e. The molecule has 0 aliphatic rings. The average molecular weight is 310 g/mol. The Balaban J connectivity index is 1.85. The summed E-state index contributed by atoms with van der Waals surface area (Å²) in [6.45, 7) is 5.66. The van der Waals surface area contributed by atoms with Gasteiger partial charge in [-0.25, -0.2) is 4.98 Å². The first kappa shape index (κ1) is 15.1. The number of nitrogens with one attached hydrogen (secondary N) is 1. The van der Waals surface area contributed by atoms with Gasteiger partial charge in [-0.15, -0.1) is 0 Å². The molecule has 3 aromatic rings. The van der Waals surface area contributed by atoms with Crippen molar-refractivity contribution in [3.8, 4) is 5.75 Å². The second kappa shape index (κ2) is 6.12. The number of hydrogen-bond acceptors (Lipinski definition) is 4. The Morgan fingerprint density at radius 3 is 2.78 bits per heavy atom. The lowest BCUT2D eigenvalue weighted by molar-refractivity contribution is 0.102. The molecule has 0 aliphatic carbocycles. The van der Waals surface area contributed by atoms with Gasteiger partial charge in [0.15, 0.2) is 11.5 Å². The van der Waals surface area contributed by atoms with E-state index in [9.17, 15) is 4.79 Å². The standard InChI is InChI=1S/C18H18N2O3/c1-11(2)22-16-7-5-4-6-14(16)20-18(21)13-8-9-15-17(10-13)23-12(3)19-15/h4-11H,1-3H3,(H,20,21). The molecular formula is C18H18N2O3. The van der Waals surface area contributed by atoms with Crippen LogP contribution in [0, 0.1) is 6.92 Å². The van der Waals surface area contributed by atoms with E-state index in [0.29, 0.717) is 28.5 Å². The van der Waals surface area contributed by atoms with Crippen molar-refractivity contribution in [2.24, 2.45) is 0 Å². The maximum absolute atomic E-state index is 12.5. The summed E-state index contributed by atoms with van der Waals surface area (Å²) < 4.78 is 11.2. The second-order valence-electron chi connectivity index (χ2n) is 5.53. The number of carbonyl (C=O) groups excluding carboxylic acids is 1. The molecule has 1 amide bonds. The predicted octanol–water partition coefficient (Wildman–Crippen LogP) is 4.18. The number of oxazole rings is 1. The fourth-order valence-electron chi connectivity index (χ4n) is 2.30. The maximum atomic E-state index is 12.5. The first-order chi connectivity index (χ1) is 11.0.